The zero-order valence-electron chi connectivity index (χ0n) is 12.1. The lowest BCUT2D eigenvalue weighted by Crippen LogP contribution is -2.35. The zero-order chi connectivity index (χ0) is 14.7. The number of aromatic nitrogens is 2. The van der Waals surface area contributed by atoms with E-state index in [0.717, 1.165) is 0 Å². The van der Waals surface area contributed by atoms with Gasteiger partial charge in [0.05, 0.1) is 11.5 Å². The van der Waals surface area contributed by atoms with Gasteiger partial charge in [0, 0.05) is 25.6 Å². The lowest BCUT2D eigenvalue weighted by molar-refractivity contribution is -0.385. The van der Waals surface area contributed by atoms with Crippen molar-refractivity contribution in [3.05, 3.63) is 15.8 Å². The summed E-state index contributed by atoms with van der Waals surface area (Å²) in [6.07, 6.45) is 0. The number of hydrogen-bond donors (Lipinski definition) is 1. The maximum absolute atomic E-state index is 11.4. The topological polar surface area (TPSA) is 84.4 Å². The molecule has 108 valence electrons. The monoisotopic (exact) mass is 270 g/mol. The van der Waals surface area contributed by atoms with Crippen molar-refractivity contribution in [1.82, 2.24) is 9.78 Å². The third-order valence-corrected chi connectivity index (χ3v) is 2.98. The van der Waals surface area contributed by atoms with Crippen molar-refractivity contribution >= 4 is 11.5 Å². The average molecular weight is 270 g/mol. The minimum absolute atomic E-state index is 0.0245. The van der Waals surface area contributed by atoms with Crippen LogP contribution in [0, 0.1) is 10.1 Å². The Hall–Kier alpha value is -1.63. The van der Waals surface area contributed by atoms with E-state index in [9.17, 15) is 10.1 Å². The quantitative estimate of drug-likeness (QED) is 0.627. The molecule has 0 saturated heterocycles. The molecule has 1 aromatic rings. The molecule has 0 aliphatic rings. The largest absolute Gasteiger partial charge is 0.395 e. The minimum Gasteiger partial charge on any atom is -0.395 e. The van der Waals surface area contributed by atoms with E-state index in [1.54, 1.807) is 11.9 Å². The highest BCUT2D eigenvalue weighted by molar-refractivity contribution is 5.62. The Morgan fingerprint density at radius 3 is 2.37 bits per heavy atom. The Balaban J connectivity index is 3.43. The number of aliphatic hydroxyl groups is 1. The molecule has 1 heterocycles. The first kappa shape index (κ1) is 15.4. The van der Waals surface area contributed by atoms with Crippen molar-refractivity contribution in [2.45, 2.75) is 39.7 Å². The van der Waals surface area contributed by atoms with Gasteiger partial charge >= 0.3 is 5.69 Å². The van der Waals surface area contributed by atoms with Gasteiger partial charge in [0.25, 0.3) is 0 Å². The van der Waals surface area contributed by atoms with Crippen molar-refractivity contribution in [2.75, 3.05) is 18.1 Å². The summed E-state index contributed by atoms with van der Waals surface area (Å²) in [4.78, 5) is 12.8. The highest BCUT2D eigenvalue weighted by Gasteiger charge is 2.32. The Labute approximate surface area is 113 Å². The molecular formula is C12H22N4O3. The summed E-state index contributed by atoms with van der Waals surface area (Å²) < 4.78 is 1.53. The first-order valence-electron chi connectivity index (χ1n) is 6.40. The van der Waals surface area contributed by atoms with Gasteiger partial charge in [-0.05, 0) is 13.8 Å². The fraction of sp³-hybridized carbons (Fsp3) is 0.750. The van der Waals surface area contributed by atoms with Crippen molar-refractivity contribution < 1.29 is 10.0 Å². The molecule has 7 nitrogen and oxygen atoms in total. The predicted octanol–water partition coefficient (Wildman–Crippen LogP) is 1.66. The summed E-state index contributed by atoms with van der Waals surface area (Å²) in [6.45, 7) is 7.91. The van der Waals surface area contributed by atoms with Crippen LogP contribution in [-0.4, -0.2) is 39.0 Å². The van der Waals surface area contributed by atoms with E-state index in [2.05, 4.69) is 5.10 Å². The molecule has 0 aliphatic heterocycles. The van der Waals surface area contributed by atoms with Crippen LogP contribution >= 0.6 is 0 Å². The maximum Gasteiger partial charge on any atom is 0.334 e. The van der Waals surface area contributed by atoms with Crippen LogP contribution in [0.5, 0.6) is 0 Å². The summed E-state index contributed by atoms with van der Waals surface area (Å²) in [5.41, 5.74) is 0.519. The highest BCUT2D eigenvalue weighted by atomic mass is 16.6. The van der Waals surface area contributed by atoms with Crippen LogP contribution in [0.2, 0.25) is 0 Å². The molecule has 0 fully saturated rings. The molecule has 19 heavy (non-hydrogen) atoms. The molecule has 0 spiro atoms. The van der Waals surface area contributed by atoms with Gasteiger partial charge in [0.1, 0.15) is 5.69 Å². The van der Waals surface area contributed by atoms with E-state index in [4.69, 9.17) is 5.11 Å². The number of hydrogen-bond acceptors (Lipinski definition) is 5. The summed E-state index contributed by atoms with van der Waals surface area (Å²) in [7, 11) is 1.70. The van der Waals surface area contributed by atoms with E-state index in [1.807, 2.05) is 27.7 Å². The lowest BCUT2D eigenvalue weighted by atomic mass is 10.1. The van der Waals surface area contributed by atoms with Crippen LogP contribution in [-0.2, 0) is 7.05 Å². The van der Waals surface area contributed by atoms with Gasteiger partial charge in [0.15, 0.2) is 0 Å². The van der Waals surface area contributed by atoms with Gasteiger partial charge in [-0.15, -0.1) is 0 Å². The fourth-order valence-electron chi connectivity index (χ4n) is 2.13. The predicted molar refractivity (Wildman–Crippen MR) is 73.5 cm³/mol. The van der Waals surface area contributed by atoms with E-state index in [0.29, 0.717) is 18.1 Å². The van der Waals surface area contributed by atoms with E-state index in [1.165, 1.54) is 4.68 Å². The zero-order valence-corrected chi connectivity index (χ0v) is 12.1. The van der Waals surface area contributed by atoms with Crippen molar-refractivity contribution in [2.24, 2.45) is 7.05 Å². The van der Waals surface area contributed by atoms with E-state index < -0.39 is 0 Å². The molecule has 0 aromatic carbocycles. The summed E-state index contributed by atoms with van der Waals surface area (Å²) in [5, 5.41) is 24.8. The molecule has 0 aliphatic carbocycles. The van der Waals surface area contributed by atoms with Gasteiger partial charge in [-0.1, -0.05) is 13.8 Å². The average Bonchev–Trinajstić information content (AvgIpc) is 2.63. The van der Waals surface area contributed by atoms with Crippen LogP contribution in [0.1, 0.15) is 39.3 Å². The molecule has 0 amide bonds. The van der Waals surface area contributed by atoms with Crippen molar-refractivity contribution in [3.8, 4) is 0 Å². The Kier molecular flexibility index (Phi) is 4.88. The number of aliphatic hydroxyl groups excluding tert-OH is 1. The van der Waals surface area contributed by atoms with Crippen LogP contribution < -0.4 is 4.90 Å². The van der Waals surface area contributed by atoms with Gasteiger partial charge in [-0.25, -0.2) is 4.68 Å². The molecule has 0 bridgehead atoms. The molecule has 1 N–H and O–H groups in total. The third-order valence-electron chi connectivity index (χ3n) is 2.98. The normalized spacial score (nSPS) is 11.4. The molecule has 1 rings (SSSR count). The van der Waals surface area contributed by atoms with Gasteiger partial charge < -0.3 is 10.0 Å². The highest BCUT2D eigenvalue weighted by Crippen LogP contribution is 2.35. The Morgan fingerprint density at radius 2 is 2.00 bits per heavy atom. The first-order chi connectivity index (χ1) is 8.81. The molecular weight excluding hydrogens is 248 g/mol. The third kappa shape index (κ3) is 3.04. The number of nitrogens with zero attached hydrogens (tertiary/aromatic N) is 4. The number of anilines is 1. The SMILES string of the molecule is CC(C)c1nn(C)c(N(CCO)C(C)C)c1[N+](=O)[O-]. The Morgan fingerprint density at radius 1 is 1.42 bits per heavy atom. The van der Waals surface area contributed by atoms with Crippen LogP contribution in [0.4, 0.5) is 11.5 Å². The molecule has 0 saturated carbocycles. The standard InChI is InChI=1S/C12H22N4O3/c1-8(2)10-11(16(18)19)12(14(5)13-10)15(6-7-17)9(3)4/h8-9,17H,6-7H2,1-5H3. The second kappa shape index (κ2) is 6.01. The van der Waals surface area contributed by atoms with Crippen molar-refractivity contribution in [1.29, 1.82) is 0 Å². The first-order valence-corrected chi connectivity index (χ1v) is 6.40. The lowest BCUT2D eigenvalue weighted by Gasteiger charge is -2.26. The maximum atomic E-state index is 11.4. The summed E-state index contributed by atoms with van der Waals surface area (Å²) in [6, 6.07) is 0.0428. The summed E-state index contributed by atoms with van der Waals surface area (Å²) >= 11 is 0. The van der Waals surface area contributed by atoms with Gasteiger partial charge in [0.2, 0.25) is 5.82 Å². The van der Waals surface area contributed by atoms with Crippen LogP contribution in [0.25, 0.3) is 0 Å². The van der Waals surface area contributed by atoms with E-state index >= 15 is 0 Å². The number of aryl methyl sites for hydroxylation is 1. The second-order valence-corrected chi connectivity index (χ2v) is 5.10. The van der Waals surface area contributed by atoms with E-state index in [-0.39, 0.29) is 29.2 Å². The minimum atomic E-state index is -0.385. The molecule has 1 aromatic heterocycles. The van der Waals surface area contributed by atoms with Crippen molar-refractivity contribution in [3.63, 3.8) is 0 Å². The molecule has 0 unspecified atom stereocenters. The molecule has 7 heteroatoms. The fourth-order valence-corrected chi connectivity index (χ4v) is 2.13. The second-order valence-electron chi connectivity index (χ2n) is 5.10. The number of rotatable bonds is 6. The van der Waals surface area contributed by atoms with Crippen LogP contribution in [0.3, 0.4) is 0 Å². The van der Waals surface area contributed by atoms with Gasteiger partial charge in [-0.3, -0.25) is 10.1 Å². The Bertz CT molecular complexity index is 454. The molecule has 0 radical (unpaired) electrons. The number of nitro groups is 1. The smallest absolute Gasteiger partial charge is 0.334 e. The van der Waals surface area contributed by atoms with Gasteiger partial charge in [-0.2, -0.15) is 5.10 Å². The van der Waals surface area contributed by atoms with Crippen LogP contribution in [0.15, 0.2) is 0 Å². The molecule has 0 atom stereocenters. The summed E-state index contributed by atoms with van der Waals surface area (Å²) in [5.74, 6) is 0.432.